The summed E-state index contributed by atoms with van der Waals surface area (Å²) in [5, 5.41) is 1.92. The second-order valence-corrected chi connectivity index (χ2v) is 1.16. The van der Waals surface area contributed by atoms with Gasteiger partial charge in [0.05, 0.1) is 6.54 Å². The van der Waals surface area contributed by atoms with E-state index in [2.05, 4.69) is 4.84 Å². The van der Waals surface area contributed by atoms with Crippen molar-refractivity contribution in [1.29, 1.82) is 0 Å². The lowest BCUT2D eigenvalue weighted by Gasteiger charge is -1.65. The third-order valence-corrected chi connectivity index (χ3v) is 0.735. The predicted octanol–water partition coefficient (Wildman–Crippen LogP) is -0.00490. The van der Waals surface area contributed by atoms with Crippen molar-refractivity contribution in [1.82, 2.24) is 5.06 Å². The molecule has 0 aromatic carbocycles. The Labute approximate surface area is 36.1 Å². The third-order valence-electron chi connectivity index (χ3n) is 0.735. The molecule has 0 amide bonds. The SMILES string of the molecule is C1C2ON12.Cl. The van der Waals surface area contributed by atoms with Crippen LogP contribution in [0.1, 0.15) is 0 Å². The molecular formula is C2H4ClNO. The summed E-state index contributed by atoms with van der Waals surface area (Å²) in [6.45, 7) is 1.19. The van der Waals surface area contributed by atoms with Gasteiger partial charge in [0.2, 0.25) is 0 Å². The predicted molar refractivity (Wildman–Crippen MR) is 18.8 cm³/mol. The van der Waals surface area contributed by atoms with Gasteiger partial charge in [-0.05, 0) is 0 Å². The van der Waals surface area contributed by atoms with Gasteiger partial charge in [-0.2, -0.15) is 5.06 Å². The monoisotopic (exact) mass is 93.0 g/mol. The number of hydrogen-bond donors (Lipinski definition) is 0. The molecule has 2 atom stereocenters. The van der Waals surface area contributed by atoms with E-state index in [1.807, 2.05) is 5.06 Å². The van der Waals surface area contributed by atoms with Gasteiger partial charge in [0, 0.05) is 0 Å². The lowest BCUT2D eigenvalue weighted by atomic mass is 10.9. The van der Waals surface area contributed by atoms with E-state index in [1.54, 1.807) is 0 Å². The minimum absolute atomic E-state index is 0. The van der Waals surface area contributed by atoms with E-state index in [-0.39, 0.29) is 12.4 Å². The smallest absolute Gasteiger partial charge is 0.169 e. The summed E-state index contributed by atoms with van der Waals surface area (Å²) in [7, 11) is 0. The Hall–Kier alpha value is 0.210. The van der Waals surface area contributed by atoms with Gasteiger partial charge >= 0.3 is 0 Å². The zero-order chi connectivity index (χ0) is 2.57. The van der Waals surface area contributed by atoms with Gasteiger partial charge in [0.25, 0.3) is 0 Å². The fraction of sp³-hybridized carbons (Fsp3) is 1.00. The summed E-state index contributed by atoms with van der Waals surface area (Å²) in [6, 6.07) is 0. The minimum Gasteiger partial charge on any atom is -0.273 e. The summed E-state index contributed by atoms with van der Waals surface area (Å²) in [6.07, 6.45) is 0.583. The molecule has 0 radical (unpaired) electrons. The zero-order valence-electron chi connectivity index (χ0n) is 2.55. The Balaban J connectivity index is 0.000000125. The highest BCUT2D eigenvalue weighted by Crippen LogP contribution is 2.35. The van der Waals surface area contributed by atoms with Gasteiger partial charge in [0.15, 0.2) is 6.23 Å². The van der Waals surface area contributed by atoms with Crippen molar-refractivity contribution in [2.24, 2.45) is 0 Å². The lowest BCUT2D eigenvalue weighted by molar-refractivity contribution is 0.164. The maximum absolute atomic E-state index is 4.64. The van der Waals surface area contributed by atoms with Crippen LogP contribution in [0, 0.1) is 0 Å². The Bertz CT molecular complexity index is 45.6. The molecule has 0 N–H and O–H groups in total. The van der Waals surface area contributed by atoms with Crippen LogP contribution in [-0.2, 0) is 4.84 Å². The van der Waals surface area contributed by atoms with Crippen LogP contribution in [0.5, 0.6) is 0 Å². The van der Waals surface area contributed by atoms with Crippen molar-refractivity contribution < 1.29 is 4.84 Å². The number of fused-ring (bicyclic) bond motifs is 1. The summed E-state index contributed by atoms with van der Waals surface area (Å²) >= 11 is 0. The average molecular weight is 93.5 g/mol. The van der Waals surface area contributed by atoms with E-state index in [1.165, 1.54) is 6.54 Å². The fourth-order valence-corrected chi connectivity index (χ4v) is 0.227. The van der Waals surface area contributed by atoms with E-state index in [9.17, 15) is 0 Å². The molecule has 2 aliphatic rings. The lowest BCUT2D eigenvalue weighted by Crippen LogP contribution is -1.75. The largest absolute Gasteiger partial charge is 0.273 e. The molecule has 0 aliphatic carbocycles. The van der Waals surface area contributed by atoms with E-state index in [4.69, 9.17) is 0 Å². The van der Waals surface area contributed by atoms with Crippen molar-refractivity contribution in [3.05, 3.63) is 0 Å². The quantitative estimate of drug-likeness (QED) is 0.392. The molecular weight excluding hydrogens is 89.5 g/mol. The molecule has 2 rings (SSSR count). The van der Waals surface area contributed by atoms with E-state index in [0.717, 1.165) is 0 Å². The van der Waals surface area contributed by atoms with Crippen molar-refractivity contribution in [2.45, 2.75) is 6.23 Å². The summed E-state index contributed by atoms with van der Waals surface area (Å²) < 4.78 is 0. The van der Waals surface area contributed by atoms with Gasteiger partial charge < -0.3 is 0 Å². The van der Waals surface area contributed by atoms with Crippen LogP contribution in [0.25, 0.3) is 0 Å². The Morgan fingerprint density at radius 3 is 2.00 bits per heavy atom. The molecule has 0 spiro atoms. The van der Waals surface area contributed by atoms with Crippen LogP contribution in [-0.4, -0.2) is 17.8 Å². The number of rotatable bonds is 0. The second-order valence-electron chi connectivity index (χ2n) is 1.16. The molecule has 3 heteroatoms. The first kappa shape index (κ1) is 3.40. The maximum Gasteiger partial charge on any atom is 0.169 e. The molecule has 2 unspecified atom stereocenters. The number of hydroxylamine groups is 2. The molecule has 2 fully saturated rings. The van der Waals surface area contributed by atoms with Crippen molar-refractivity contribution in [3.63, 3.8) is 0 Å². The van der Waals surface area contributed by atoms with Gasteiger partial charge in [-0.15, -0.1) is 12.4 Å². The van der Waals surface area contributed by atoms with Crippen LogP contribution in [0.3, 0.4) is 0 Å². The summed E-state index contributed by atoms with van der Waals surface area (Å²) in [5.41, 5.74) is 0. The van der Waals surface area contributed by atoms with Crippen molar-refractivity contribution in [2.75, 3.05) is 6.54 Å². The van der Waals surface area contributed by atoms with Gasteiger partial charge in [-0.25, -0.2) is 0 Å². The Kier molecular flexibility index (Phi) is 0.438. The minimum atomic E-state index is 0. The highest BCUT2D eigenvalue weighted by molar-refractivity contribution is 5.85. The first-order valence-corrected chi connectivity index (χ1v) is 1.40. The van der Waals surface area contributed by atoms with Crippen molar-refractivity contribution in [3.8, 4) is 0 Å². The molecule has 0 saturated carbocycles. The number of halogens is 1. The van der Waals surface area contributed by atoms with E-state index in [0.29, 0.717) is 6.23 Å². The van der Waals surface area contributed by atoms with Gasteiger partial charge in [0.1, 0.15) is 0 Å². The molecule has 0 aromatic heterocycles. The fourth-order valence-electron chi connectivity index (χ4n) is 0.227. The van der Waals surface area contributed by atoms with E-state index >= 15 is 0 Å². The molecule has 2 aliphatic heterocycles. The summed E-state index contributed by atoms with van der Waals surface area (Å²) in [5.74, 6) is 0. The number of hydrogen-bond acceptors (Lipinski definition) is 2. The normalized spacial score (nSPS) is 52.8. The molecule has 30 valence electrons. The Morgan fingerprint density at radius 1 is 1.80 bits per heavy atom. The standard InChI is InChI=1S/C2H3NO.ClH/c1-2-3(1)4-2;/h2H,1H2;1H. The molecule has 2 saturated heterocycles. The van der Waals surface area contributed by atoms with Crippen LogP contribution in [0.2, 0.25) is 0 Å². The topological polar surface area (TPSA) is 15.5 Å². The van der Waals surface area contributed by atoms with Crippen molar-refractivity contribution >= 4 is 12.4 Å². The molecule has 5 heavy (non-hydrogen) atoms. The first-order valence-electron chi connectivity index (χ1n) is 1.40. The number of nitrogens with zero attached hydrogens (tertiary/aromatic N) is 1. The molecule has 2 nitrogen and oxygen atoms in total. The zero-order valence-corrected chi connectivity index (χ0v) is 3.36. The molecule has 0 aromatic rings. The Morgan fingerprint density at radius 2 is 2.00 bits per heavy atom. The highest BCUT2D eigenvalue weighted by Gasteiger charge is 2.54. The van der Waals surface area contributed by atoms with E-state index < -0.39 is 0 Å². The maximum atomic E-state index is 4.64. The van der Waals surface area contributed by atoms with Crippen LogP contribution >= 0.6 is 12.4 Å². The van der Waals surface area contributed by atoms with Crippen LogP contribution < -0.4 is 0 Å². The summed E-state index contributed by atoms with van der Waals surface area (Å²) in [4.78, 5) is 4.64. The average Bonchev–Trinajstić information content (AvgIpc) is 1.36. The van der Waals surface area contributed by atoms with Gasteiger partial charge in [-0.3, -0.25) is 4.84 Å². The second kappa shape index (κ2) is 0.644. The van der Waals surface area contributed by atoms with Crippen LogP contribution in [0.4, 0.5) is 0 Å². The molecule has 0 bridgehead atoms. The third kappa shape index (κ3) is 0.305. The van der Waals surface area contributed by atoms with Gasteiger partial charge in [-0.1, -0.05) is 0 Å². The van der Waals surface area contributed by atoms with Crippen LogP contribution in [0.15, 0.2) is 0 Å². The molecule has 2 heterocycles. The first-order chi connectivity index (χ1) is 1.97. The highest BCUT2D eigenvalue weighted by atomic mass is 35.5.